The zero-order chi connectivity index (χ0) is 15.1. The minimum atomic E-state index is -4.74. The third-order valence-electron chi connectivity index (χ3n) is 2.33. The van der Waals surface area contributed by atoms with Gasteiger partial charge in [0.05, 0.1) is 15.1 Å². The standard InChI is InChI=1S/C10H7Cl3F3N3O/c11-4-3-5(12)7-8(6(4)13)19(20-2-1-17)9(18-7)10(14,15)16/h3H,1-2,17H2. The Labute approximate surface area is 126 Å². The molecule has 0 aliphatic carbocycles. The van der Waals surface area contributed by atoms with E-state index in [4.69, 9.17) is 45.4 Å². The highest BCUT2D eigenvalue weighted by Crippen LogP contribution is 2.39. The minimum absolute atomic E-state index is 0.00427. The summed E-state index contributed by atoms with van der Waals surface area (Å²) in [5, 5.41) is -0.198. The molecule has 20 heavy (non-hydrogen) atoms. The van der Waals surface area contributed by atoms with Gasteiger partial charge in [-0.05, 0) is 6.07 Å². The van der Waals surface area contributed by atoms with E-state index in [0.717, 1.165) is 0 Å². The third kappa shape index (κ3) is 2.63. The van der Waals surface area contributed by atoms with Crippen molar-refractivity contribution in [2.24, 2.45) is 5.73 Å². The smallest absolute Gasteiger partial charge is 0.410 e. The van der Waals surface area contributed by atoms with Crippen LogP contribution in [-0.2, 0) is 6.18 Å². The molecule has 1 aromatic carbocycles. The van der Waals surface area contributed by atoms with E-state index < -0.39 is 12.0 Å². The maximum Gasteiger partial charge on any atom is 0.453 e. The zero-order valence-corrected chi connectivity index (χ0v) is 11.9. The second-order valence-corrected chi connectivity index (χ2v) is 4.89. The Balaban J connectivity index is 2.80. The number of nitrogens with zero attached hydrogens (tertiary/aromatic N) is 2. The number of fused-ring (bicyclic) bond motifs is 1. The van der Waals surface area contributed by atoms with Gasteiger partial charge in [-0.25, -0.2) is 4.98 Å². The van der Waals surface area contributed by atoms with Gasteiger partial charge in [0.15, 0.2) is 0 Å². The molecule has 0 radical (unpaired) electrons. The summed E-state index contributed by atoms with van der Waals surface area (Å²) < 4.78 is 39.4. The van der Waals surface area contributed by atoms with Crippen molar-refractivity contribution in [1.82, 2.24) is 9.71 Å². The van der Waals surface area contributed by atoms with Crippen molar-refractivity contribution in [2.75, 3.05) is 13.2 Å². The van der Waals surface area contributed by atoms with E-state index in [2.05, 4.69) is 4.98 Å². The summed E-state index contributed by atoms with van der Waals surface area (Å²) in [6, 6.07) is 1.22. The molecule has 2 N–H and O–H groups in total. The van der Waals surface area contributed by atoms with Crippen molar-refractivity contribution >= 4 is 45.8 Å². The number of rotatable bonds is 3. The number of imidazole rings is 1. The molecule has 0 fully saturated rings. The normalized spacial score (nSPS) is 12.2. The Hall–Kier alpha value is -0.890. The first-order valence-electron chi connectivity index (χ1n) is 5.24. The van der Waals surface area contributed by atoms with Gasteiger partial charge >= 0.3 is 6.18 Å². The fourth-order valence-electron chi connectivity index (χ4n) is 1.57. The molecule has 0 saturated heterocycles. The van der Waals surface area contributed by atoms with Crippen molar-refractivity contribution < 1.29 is 18.0 Å². The minimum Gasteiger partial charge on any atom is -0.410 e. The Morgan fingerprint density at radius 1 is 1.25 bits per heavy atom. The first kappa shape index (κ1) is 15.5. The maximum absolute atomic E-state index is 13.0. The van der Waals surface area contributed by atoms with Crippen molar-refractivity contribution in [3.63, 3.8) is 0 Å². The first-order valence-corrected chi connectivity index (χ1v) is 6.37. The predicted octanol–water partition coefficient (Wildman–Crippen LogP) is 3.40. The number of hydrogen-bond donors (Lipinski definition) is 1. The lowest BCUT2D eigenvalue weighted by Crippen LogP contribution is -2.25. The predicted molar refractivity (Wildman–Crippen MR) is 70.3 cm³/mol. The molecule has 0 spiro atoms. The Bertz CT molecular complexity index is 657. The number of aromatic nitrogens is 2. The molecule has 10 heteroatoms. The van der Waals surface area contributed by atoms with E-state index in [9.17, 15) is 13.2 Å². The van der Waals surface area contributed by atoms with Gasteiger partial charge in [0, 0.05) is 6.54 Å². The fourth-order valence-corrected chi connectivity index (χ4v) is 2.29. The van der Waals surface area contributed by atoms with Gasteiger partial charge in [-0.15, -0.1) is 0 Å². The van der Waals surface area contributed by atoms with Gasteiger partial charge in [0.2, 0.25) is 0 Å². The largest absolute Gasteiger partial charge is 0.453 e. The Morgan fingerprint density at radius 2 is 1.90 bits per heavy atom. The second kappa shape index (κ2) is 5.48. The van der Waals surface area contributed by atoms with Crippen LogP contribution < -0.4 is 10.6 Å². The zero-order valence-electron chi connectivity index (χ0n) is 9.64. The van der Waals surface area contributed by atoms with E-state index in [-0.39, 0.29) is 39.3 Å². The summed E-state index contributed by atoms with van der Waals surface area (Å²) in [6.45, 7) is -0.141. The molecule has 2 aromatic rings. The molecule has 0 aliphatic rings. The van der Waals surface area contributed by atoms with Crippen LogP contribution in [0.2, 0.25) is 15.1 Å². The highest BCUT2D eigenvalue weighted by molar-refractivity contribution is 6.47. The average Bonchev–Trinajstić information content (AvgIpc) is 2.73. The van der Waals surface area contributed by atoms with Gasteiger partial charge in [0.25, 0.3) is 5.82 Å². The number of hydrogen-bond acceptors (Lipinski definition) is 3. The topological polar surface area (TPSA) is 53.1 Å². The lowest BCUT2D eigenvalue weighted by molar-refractivity contribution is -0.154. The SMILES string of the molecule is NCCOn1c(C(F)(F)F)nc2c(Cl)cc(Cl)c(Cl)c21. The molecule has 0 atom stereocenters. The summed E-state index contributed by atoms with van der Waals surface area (Å²) in [5.74, 6) is -1.29. The molecule has 1 aromatic heterocycles. The van der Waals surface area contributed by atoms with Gasteiger partial charge in [-0.3, -0.25) is 0 Å². The van der Waals surface area contributed by atoms with Crippen molar-refractivity contribution in [3.8, 4) is 0 Å². The number of alkyl halides is 3. The lowest BCUT2D eigenvalue weighted by Gasteiger charge is -2.12. The number of nitrogens with two attached hydrogens (primary N) is 1. The molecule has 0 aliphatic heterocycles. The summed E-state index contributed by atoms with van der Waals surface area (Å²) in [4.78, 5) is 8.40. The summed E-state index contributed by atoms with van der Waals surface area (Å²) in [7, 11) is 0. The molecular formula is C10H7Cl3F3N3O. The number of benzene rings is 1. The molecule has 0 unspecified atom stereocenters. The lowest BCUT2D eigenvalue weighted by atomic mass is 10.3. The summed E-state index contributed by atoms with van der Waals surface area (Å²) in [5.41, 5.74) is 4.93. The molecular weight excluding hydrogens is 341 g/mol. The van der Waals surface area contributed by atoms with Crippen LogP contribution in [0.4, 0.5) is 13.2 Å². The van der Waals surface area contributed by atoms with Crippen LogP contribution in [0, 0.1) is 0 Å². The average molecular weight is 349 g/mol. The molecule has 2 rings (SSSR count). The van der Waals surface area contributed by atoms with Crippen LogP contribution >= 0.6 is 34.8 Å². The van der Waals surface area contributed by atoms with Gasteiger partial charge in [-0.1, -0.05) is 34.8 Å². The first-order chi connectivity index (χ1) is 9.27. The van der Waals surface area contributed by atoms with Crippen LogP contribution in [0.15, 0.2) is 6.07 Å². The van der Waals surface area contributed by atoms with Crippen LogP contribution in [0.3, 0.4) is 0 Å². The highest BCUT2D eigenvalue weighted by Gasteiger charge is 2.40. The van der Waals surface area contributed by atoms with Crippen molar-refractivity contribution in [2.45, 2.75) is 6.18 Å². The summed E-state index contributed by atoms with van der Waals surface area (Å²) in [6.07, 6.45) is -4.74. The summed E-state index contributed by atoms with van der Waals surface area (Å²) >= 11 is 17.6. The molecule has 0 amide bonds. The highest BCUT2D eigenvalue weighted by atomic mass is 35.5. The molecule has 1 heterocycles. The quantitative estimate of drug-likeness (QED) is 0.865. The van der Waals surface area contributed by atoms with Gasteiger partial charge in [0.1, 0.15) is 17.6 Å². The van der Waals surface area contributed by atoms with Gasteiger partial charge < -0.3 is 10.6 Å². The Kier molecular flexibility index (Phi) is 4.24. The number of halogens is 6. The van der Waals surface area contributed by atoms with E-state index >= 15 is 0 Å². The van der Waals surface area contributed by atoms with E-state index in [1.165, 1.54) is 6.07 Å². The Morgan fingerprint density at radius 3 is 2.45 bits per heavy atom. The maximum atomic E-state index is 13.0. The molecule has 0 bridgehead atoms. The third-order valence-corrected chi connectivity index (χ3v) is 3.39. The van der Waals surface area contributed by atoms with Crippen molar-refractivity contribution in [1.29, 1.82) is 0 Å². The van der Waals surface area contributed by atoms with E-state index in [0.29, 0.717) is 4.73 Å². The van der Waals surface area contributed by atoms with Crippen LogP contribution in [0.25, 0.3) is 11.0 Å². The van der Waals surface area contributed by atoms with Crippen molar-refractivity contribution in [3.05, 3.63) is 27.0 Å². The van der Waals surface area contributed by atoms with Crippen LogP contribution in [0.1, 0.15) is 5.82 Å². The molecule has 4 nitrogen and oxygen atoms in total. The fraction of sp³-hybridized carbons (Fsp3) is 0.300. The van der Waals surface area contributed by atoms with E-state index in [1.54, 1.807) is 0 Å². The molecule has 0 saturated carbocycles. The van der Waals surface area contributed by atoms with E-state index in [1.807, 2.05) is 0 Å². The van der Waals surface area contributed by atoms with Gasteiger partial charge in [-0.2, -0.15) is 17.9 Å². The monoisotopic (exact) mass is 347 g/mol. The second-order valence-electron chi connectivity index (χ2n) is 3.70. The van der Waals surface area contributed by atoms with Crippen LogP contribution in [-0.4, -0.2) is 22.9 Å². The van der Waals surface area contributed by atoms with Crippen LogP contribution in [0.5, 0.6) is 0 Å². The molecule has 110 valence electrons.